The third kappa shape index (κ3) is 3.94. The van der Waals surface area contributed by atoms with Gasteiger partial charge in [0, 0.05) is 10.4 Å². The van der Waals surface area contributed by atoms with Gasteiger partial charge in [0.1, 0.15) is 0 Å². The number of hydrogen-bond acceptors (Lipinski definition) is 2. The van der Waals surface area contributed by atoms with Crippen LogP contribution >= 0.6 is 45.5 Å². The van der Waals surface area contributed by atoms with E-state index in [1.54, 1.807) is 11.3 Å². The van der Waals surface area contributed by atoms with Crippen LogP contribution in [-0.2, 0) is 0 Å². The summed E-state index contributed by atoms with van der Waals surface area (Å²) in [4.78, 5) is 12.1. The maximum atomic E-state index is 12.1. The van der Waals surface area contributed by atoms with Crippen LogP contribution in [0, 0.1) is 2.88 Å². The Morgan fingerprint density at radius 2 is 2.26 bits per heavy atom. The van der Waals surface area contributed by atoms with Crippen LogP contribution < -0.4 is 5.32 Å². The lowest BCUT2D eigenvalue weighted by molar-refractivity contribution is 0.0936. The number of thiophene rings is 1. The number of hydrogen-bond donors (Lipinski definition) is 1. The van der Waals surface area contributed by atoms with Gasteiger partial charge in [-0.05, 0) is 52.8 Å². The minimum Gasteiger partial charge on any atom is -0.345 e. The van der Waals surface area contributed by atoms with Crippen LogP contribution in [0.25, 0.3) is 0 Å². The van der Waals surface area contributed by atoms with Gasteiger partial charge < -0.3 is 5.32 Å². The van der Waals surface area contributed by atoms with Crippen LogP contribution in [0.3, 0.4) is 0 Å². The van der Waals surface area contributed by atoms with Gasteiger partial charge in [0.15, 0.2) is 0 Å². The minimum atomic E-state index is -0.0361. The monoisotopic (exact) mass is 405 g/mol. The molecule has 19 heavy (non-hydrogen) atoms. The topological polar surface area (TPSA) is 29.1 Å². The van der Waals surface area contributed by atoms with Gasteiger partial charge in [0.05, 0.1) is 14.5 Å². The van der Waals surface area contributed by atoms with Crippen LogP contribution in [0.5, 0.6) is 0 Å². The first-order valence-corrected chi connectivity index (χ1v) is 8.24. The third-order valence-corrected chi connectivity index (χ3v) is 4.82. The highest BCUT2D eigenvalue weighted by Crippen LogP contribution is 2.22. The molecular weight excluding hydrogens is 393 g/mol. The first-order chi connectivity index (χ1) is 9.10. The Balaban J connectivity index is 2.13. The number of benzene rings is 1. The summed E-state index contributed by atoms with van der Waals surface area (Å²) in [5, 5.41) is 5.61. The van der Waals surface area contributed by atoms with E-state index in [0.717, 1.165) is 20.4 Å². The third-order valence-electron chi connectivity index (χ3n) is 2.79. The summed E-state index contributed by atoms with van der Waals surface area (Å²) < 4.78 is 1.11. The summed E-state index contributed by atoms with van der Waals surface area (Å²) in [7, 11) is 0. The Morgan fingerprint density at radius 3 is 2.84 bits per heavy atom. The fourth-order valence-electron chi connectivity index (χ4n) is 1.82. The number of nitrogens with one attached hydrogen (secondary N) is 1. The average molecular weight is 406 g/mol. The molecule has 0 saturated heterocycles. The van der Waals surface area contributed by atoms with E-state index in [1.165, 1.54) is 0 Å². The molecule has 100 valence electrons. The van der Waals surface area contributed by atoms with Gasteiger partial charge in [0.2, 0.25) is 0 Å². The lowest BCUT2D eigenvalue weighted by Crippen LogP contribution is -2.27. The highest BCUT2D eigenvalue weighted by molar-refractivity contribution is 14.1. The number of rotatable bonds is 4. The van der Waals surface area contributed by atoms with Crippen molar-refractivity contribution in [1.29, 1.82) is 0 Å². The van der Waals surface area contributed by atoms with Crippen LogP contribution in [-0.4, -0.2) is 5.91 Å². The summed E-state index contributed by atoms with van der Waals surface area (Å²) >= 11 is 9.78. The first kappa shape index (κ1) is 14.8. The highest BCUT2D eigenvalue weighted by atomic mass is 127. The van der Waals surface area contributed by atoms with E-state index in [1.807, 2.05) is 42.6 Å². The van der Waals surface area contributed by atoms with E-state index in [2.05, 4.69) is 27.9 Å². The van der Waals surface area contributed by atoms with Crippen molar-refractivity contribution in [1.82, 2.24) is 5.32 Å². The molecule has 0 fully saturated rings. The molecule has 1 aromatic heterocycles. The predicted octanol–water partition coefficient (Wildman–Crippen LogP) is 4.89. The van der Waals surface area contributed by atoms with Crippen molar-refractivity contribution in [3.8, 4) is 0 Å². The minimum absolute atomic E-state index is 0.0104. The molecule has 0 saturated carbocycles. The fraction of sp³-hybridized carbons (Fsp3) is 0.214. The van der Waals surface area contributed by atoms with Crippen molar-refractivity contribution >= 4 is 51.4 Å². The predicted molar refractivity (Wildman–Crippen MR) is 89.0 cm³/mol. The molecule has 0 aliphatic carbocycles. The quantitative estimate of drug-likeness (QED) is 0.721. The number of carbonyl (C=O) groups is 1. The van der Waals surface area contributed by atoms with Gasteiger partial charge in [0.25, 0.3) is 5.91 Å². The van der Waals surface area contributed by atoms with E-state index in [-0.39, 0.29) is 11.9 Å². The van der Waals surface area contributed by atoms with Gasteiger partial charge in [-0.25, -0.2) is 0 Å². The molecule has 2 nitrogen and oxygen atoms in total. The molecule has 0 aliphatic rings. The fourth-order valence-corrected chi connectivity index (χ4v) is 3.34. The lowest BCUT2D eigenvalue weighted by Gasteiger charge is -2.17. The summed E-state index contributed by atoms with van der Waals surface area (Å²) in [5.41, 5.74) is 1.75. The Hall–Kier alpha value is -0.590. The summed E-state index contributed by atoms with van der Waals surface area (Å²) in [6.45, 7) is 2.04. The normalized spacial score (nSPS) is 12.2. The molecule has 1 N–H and O–H groups in total. The van der Waals surface area contributed by atoms with Crippen molar-refractivity contribution in [3.05, 3.63) is 54.7 Å². The zero-order valence-corrected chi connectivity index (χ0v) is 14.1. The smallest absolute Gasteiger partial charge is 0.252 e. The standard InChI is InChI=1S/C14H13ClINOS/c1-2-12(9-4-3-5-11(15)6-9)17-14(18)10-7-13(16)19-8-10/h3-8,12H,2H2,1H3,(H,17,18). The molecule has 0 radical (unpaired) electrons. The van der Waals surface area contributed by atoms with Crippen LogP contribution in [0.2, 0.25) is 5.02 Å². The van der Waals surface area contributed by atoms with Crippen LogP contribution in [0.4, 0.5) is 0 Å². The maximum absolute atomic E-state index is 12.1. The van der Waals surface area contributed by atoms with Gasteiger partial charge in [-0.15, -0.1) is 11.3 Å². The summed E-state index contributed by atoms with van der Waals surface area (Å²) in [6.07, 6.45) is 0.827. The van der Waals surface area contributed by atoms with Gasteiger partial charge in [-0.3, -0.25) is 4.79 Å². The summed E-state index contributed by atoms with van der Waals surface area (Å²) in [6, 6.07) is 9.50. The van der Waals surface area contributed by atoms with Crippen molar-refractivity contribution in [2.45, 2.75) is 19.4 Å². The molecule has 1 aromatic carbocycles. The number of amides is 1. The Bertz CT molecular complexity index is 584. The lowest BCUT2D eigenvalue weighted by atomic mass is 10.0. The van der Waals surface area contributed by atoms with Crippen molar-refractivity contribution in [2.75, 3.05) is 0 Å². The van der Waals surface area contributed by atoms with Crippen molar-refractivity contribution in [2.24, 2.45) is 0 Å². The van der Waals surface area contributed by atoms with E-state index in [9.17, 15) is 4.79 Å². The zero-order valence-electron chi connectivity index (χ0n) is 10.3. The number of carbonyl (C=O) groups excluding carboxylic acids is 1. The van der Waals surface area contributed by atoms with Crippen molar-refractivity contribution < 1.29 is 4.79 Å². The second-order valence-electron chi connectivity index (χ2n) is 4.13. The molecule has 1 amide bonds. The Morgan fingerprint density at radius 1 is 1.47 bits per heavy atom. The Kier molecular flexibility index (Phi) is 5.24. The van der Waals surface area contributed by atoms with Crippen LogP contribution in [0.1, 0.15) is 35.3 Å². The van der Waals surface area contributed by atoms with Gasteiger partial charge in [-0.2, -0.15) is 0 Å². The van der Waals surface area contributed by atoms with E-state index >= 15 is 0 Å². The largest absolute Gasteiger partial charge is 0.345 e. The van der Waals surface area contributed by atoms with Crippen molar-refractivity contribution in [3.63, 3.8) is 0 Å². The molecule has 5 heteroatoms. The van der Waals surface area contributed by atoms with Gasteiger partial charge in [-0.1, -0.05) is 30.7 Å². The maximum Gasteiger partial charge on any atom is 0.252 e. The Labute approximate surface area is 135 Å². The SMILES string of the molecule is CCC(NC(=O)c1csc(I)c1)c1cccc(Cl)c1. The second kappa shape index (κ2) is 6.72. The molecule has 0 spiro atoms. The molecule has 2 rings (SSSR count). The van der Waals surface area contributed by atoms with Crippen LogP contribution in [0.15, 0.2) is 35.7 Å². The molecular formula is C14H13ClINOS. The summed E-state index contributed by atoms with van der Waals surface area (Å²) in [5.74, 6) is -0.0361. The molecule has 1 heterocycles. The second-order valence-corrected chi connectivity index (χ2v) is 7.37. The highest BCUT2D eigenvalue weighted by Gasteiger charge is 2.15. The molecule has 0 bridgehead atoms. The van der Waals surface area contributed by atoms with E-state index in [4.69, 9.17) is 11.6 Å². The zero-order chi connectivity index (χ0) is 13.8. The van der Waals surface area contributed by atoms with E-state index < -0.39 is 0 Å². The number of halogens is 2. The first-order valence-electron chi connectivity index (χ1n) is 5.90. The molecule has 2 aromatic rings. The molecule has 0 aliphatic heterocycles. The molecule has 1 atom stereocenters. The average Bonchev–Trinajstić information content (AvgIpc) is 2.82. The molecule has 1 unspecified atom stereocenters. The van der Waals surface area contributed by atoms with E-state index in [0.29, 0.717) is 5.02 Å². The van der Waals surface area contributed by atoms with Gasteiger partial charge >= 0.3 is 0 Å².